The first-order valence-corrected chi connectivity index (χ1v) is 9.16. The smallest absolute Gasteiger partial charge is 0.326 e. The van der Waals surface area contributed by atoms with Gasteiger partial charge in [-0.15, -0.1) is 0 Å². The average Bonchev–Trinajstić information content (AvgIpc) is 2.96. The van der Waals surface area contributed by atoms with Crippen LogP contribution in [0.2, 0.25) is 0 Å². The monoisotopic (exact) mass is 349 g/mol. The Kier molecular flexibility index (Phi) is 6.28. The van der Waals surface area contributed by atoms with E-state index in [1.165, 1.54) is 0 Å². The molecule has 1 amide bonds. The largest absolute Gasteiger partial charge is 0.480 e. The summed E-state index contributed by atoms with van der Waals surface area (Å²) in [6.45, 7) is 1.99. The zero-order chi connectivity index (χ0) is 17.7. The molecule has 0 radical (unpaired) electrons. The molecule has 1 aromatic heterocycles. The molecule has 5 N–H and O–H groups in total. The molecule has 7 heteroatoms. The van der Waals surface area contributed by atoms with E-state index in [0.717, 1.165) is 27.8 Å². The van der Waals surface area contributed by atoms with Gasteiger partial charge in [0.1, 0.15) is 6.04 Å². The number of aromatic nitrogens is 1. The number of hydrogen-bond donors (Lipinski definition) is 4. The number of nitrogens with two attached hydrogens (primary N) is 1. The predicted octanol–water partition coefficient (Wildman–Crippen LogP) is 1.67. The second-order valence-corrected chi connectivity index (χ2v) is 6.79. The van der Waals surface area contributed by atoms with Gasteiger partial charge in [0.25, 0.3) is 0 Å². The van der Waals surface area contributed by atoms with E-state index < -0.39 is 24.0 Å². The molecule has 0 saturated heterocycles. The number of fused-ring (bicyclic) bond motifs is 1. The lowest BCUT2D eigenvalue weighted by Gasteiger charge is -2.17. The summed E-state index contributed by atoms with van der Waals surface area (Å²) >= 11 is 1.60. The highest BCUT2D eigenvalue weighted by Crippen LogP contribution is 2.22. The first kappa shape index (κ1) is 18.4. The van der Waals surface area contributed by atoms with Gasteiger partial charge < -0.3 is 21.1 Å². The number of aliphatic carboxylic acids is 1. The fourth-order valence-electron chi connectivity index (χ4n) is 2.61. The Morgan fingerprint density at radius 3 is 2.83 bits per heavy atom. The third-order valence-electron chi connectivity index (χ3n) is 4.02. The van der Waals surface area contributed by atoms with Crippen molar-refractivity contribution in [3.63, 3.8) is 0 Å². The molecule has 0 saturated carbocycles. The first-order valence-electron chi connectivity index (χ1n) is 7.77. The minimum absolute atomic E-state index is 0.208. The number of thioether (sulfide) groups is 1. The summed E-state index contributed by atoms with van der Waals surface area (Å²) in [4.78, 5) is 26.8. The van der Waals surface area contributed by atoms with Crippen molar-refractivity contribution in [2.75, 3.05) is 12.0 Å². The quantitative estimate of drug-likeness (QED) is 0.580. The minimum atomic E-state index is -1.07. The Bertz CT molecular complexity index is 729. The van der Waals surface area contributed by atoms with Crippen LogP contribution in [0.1, 0.15) is 17.5 Å². The van der Waals surface area contributed by atoms with Crippen LogP contribution in [-0.2, 0) is 16.0 Å². The van der Waals surface area contributed by atoms with Crippen LogP contribution in [0.15, 0.2) is 24.4 Å². The molecule has 0 bridgehead atoms. The zero-order valence-electron chi connectivity index (χ0n) is 13.8. The van der Waals surface area contributed by atoms with E-state index in [-0.39, 0.29) is 6.42 Å². The Balaban J connectivity index is 2.12. The van der Waals surface area contributed by atoms with Crippen LogP contribution in [-0.4, -0.2) is 46.1 Å². The number of amides is 1. The lowest BCUT2D eigenvalue weighted by atomic mass is 10.0. The summed E-state index contributed by atoms with van der Waals surface area (Å²) in [5.74, 6) is -0.733. The maximum absolute atomic E-state index is 12.1. The highest BCUT2D eigenvalue weighted by atomic mass is 32.2. The molecule has 24 heavy (non-hydrogen) atoms. The zero-order valence-corrected chi connectivity index (χ0v) is 14.7. The molecule has 0 aliphatic rings. The number of carbonyl (C=O) groups is 2. The van der Waals surface area contributed by atoms with Gasteiger partial charge in [-0.05, 0) is 36.5 Å². The van der Waals surface area contributed by atoms with Crippen molar-refractivity contribution in [2.45, 2.75) is 31.8 Å². The molecule has 0 aliphatic heterocycles. The number of rotatable bonds is 8. The molecule has 2 aromatic rings. The maximum Gasteiger partial charge on any atom is 0.326 e. The van der Waals surface area contributed by atoms with Gasteiger partial charge >= 0.3 is 5.97 Å². The van der Waals surface area contributed by atoms with Gasteiger partial charge in [0.2, 0.25) is 5.91 Å². The van der Waals surface area contributed by atoms with Crippen LogP contribution in [0.4, 0.5) is 0 Å². The van der Waals surface area contributed by atoms with Crippen molar-refractivity contribution in [2.24, 2.45) is 5.73 Å². The summed E-state index contributed by atoms with van der Waals surface area (Å²) in [7, 11) is 0. The molecule has 1 aromatic carbocycles. The Morgan fingerprint density at radius 1 is 1.42 bits per heavy atom. The second-order valence-electron chi connectivity index (χ2n) is 5.80. The van der Waals surface area contributed by atoms with E-state index in [1.54, 1.807) is 18.0 Å². The van der Waals surface area contributed by atoms with E-state index in [9.17, 15) is 14.7 Å². The molecule has 2 rings (SSSR count). The van der Waals surface area contributed by atoms with Crippen molar-refractivity contribution in [1.29, 1.82) is 0 Å². The third-order valence-corrected chi connectivity index (χ3v) is 4.66. The first-order chi connectivity index (χ1) is 11.4. The number of carboxylic acids is 1. The Morgan fingerprint density at radius 2 is 2.17 bits per heavy atom. The van der Waals surface area contributed by atoms with Gasteiger partial charge in [0, 0.05) is 23.5 Å². The van der Waals surface area contributed by atoms with Gasteiger partial charge in [0.05, 0.1) is 6.04 Å². The lowest BCUT2D eigenvalue weighted by Crippen LogP contribution is -2.49. The third kappa shape index (κ3) is 4.30. The van der Waals surface area contributed by atoms with Gasteiger partial charge in [-0.25, -0.2) is 4.79 Å². The maximum atomic E-state index is 12.1. The summed E-state index contributed by atoms with van der Waals surface area (Å²) in [6.07, 6.45) is 4.46. The number of aromatic amines is 1. The number of H-pyrrole nitrogens is 1. The molecule has 0 fully saturated rings. The van der Waals surface area contributed by atoms with Crippen molar-refractivity contribution < 1.29 is 14.7 Å². The SMILES string of the molecule is CSCC[C@H](N)C(=O)N[C@@H](Cc1c[nH]c2c(C)cccc12)C(=O)O. The van der Waals surface area contributed by atoms with E-state index in [1.807, 2.05) is 31.4 Å². The summed E-state index contributed by atoms with van der Waals surface area (Å²) < 4.78 is 0. The predicted molar refractivity (Wildman–Crippen MR) is 97.3 cm³/mol. The van der Waals surface area contributed by atoms with Crippen LogP contribution in [0.5, 0.6) is 0 Å². The molecule has 0 aliphatic carbocycles. The summed E-state index contributed by atoms with van der Waals surface area (Å²) in [5, 5.41) is 13.0. The Labute approximate surface area is 145 Å². The molecule has 6 nitrogen and oxygen atoms in total. The fraction of sp³-hybridized carbons (Fsp3) is 0.412. The molecule has 0 spiro atoms. The highest BCUT2D eigenvalue weighted by molar-refractivity contribution is 7.98. The number of hydrogen-bond acceptors (Lipinski definition) is 4. The molecule has 1 heterocycles. The van der Waals surface area contributed by atoms with Gasteiger partial charge in [0.15, 0.2) is 0 Å². The minimum Gasteiger partial charge on any atom is -0.480 e. The average molecular weight is 349 g/mol. The van der Waals surface area contributed by atoms with Crippen molar-refractivity contribution >= 4 is 34.5 Å². The molecular formula is C17H23N3O3S. The number of carboxylic acid groups (broad SMARTS) is 1. The van der Waals surface area contributed by atoms with Gasteiger partial charge in [-0.2, -0.15) is 11.8 Å². The van der Waals surface area contributed by atoms with E-state index >= 15 is 0 Å². The highest BCUT2D eigenvalue weighted by Gasteiger charge is 2.24. The van der Waals surface area contributed by atoms with Crippen LogP contribution in [0.3, 0.4) is 0 Å². The van der Waals surface area contributed by atoms with Crippen molar-refractivity contribution in [3.05, 3.63) is 35.5 Å². The topological polar surface area (TPSA) is 108 Å². The Hall–Kier alpha value is -1.99. The van der Waals surface area contributed by atoms with Gasteiger partial charge in [-0.1, -0.05) is 18.2 Å². The number of para-hydroxylation sites is 1. The van der Waals surface area contributed by atoms with Crippen LogP contribution in [0, 0.1) is 6.92 Å². The number of nitrogens with one attached hydrogen (secondary N) is 2. The standard InChI is InChI=1S/C17H23N3O3S/c1-10-4-3-5-12-11(9-19-15(10)12)8-14(17(22)23)20-16(21)13(18)6-7-24-2/h3-5,9,13-14,19H,6-8,18H2,1-2H3,(H,20,21)(H,22,23)/t13-,14-/m0/s1. The molecule has 0 unspecified atom stereocenters. The van der Waals surface area contributed by atoms with E-state index in [4.69, 9.17) is 5.73 Å². The normalized spacial score (nSPS) is 13.6. The van der Waals surface area contributed by atoms with Crippen LogP contribution in [0.25, 0.3) is 10.9 Å². The summed E-state index contributed by atoms with van der Waals surface area (Å²) in [5.41, 5.74) is 8.75. The van der Waals surface area contributed by atoms with E-state index in [2.05, 4.69) is 10.3 Å². The second kappa shape index (κ2) is 8.21. The van der Waals surface area contributed by atoms with E-state index in [0.29, 0.717) is 6.42 Å². The fourth-order valence-corrected chi connectivity index (χ4v) is 3.10. The van der Waals surface area contributed by atoms with Crippen molar-refractivity contribution in [1.82, 2.24) is 10.3 Å². The van der Waals surface area contributed by atoms with Gasteiger partial charge in [-0.3, -0.25) is 4.79 Å². The summed E-state index contributed by atoms with van der Waals surface area (Å²) in [6, 6.07) is 4.17. The molecular weight excluding hydrogens is 326 g/mol. The van der Waals surface area contributed by atoms with Crippen LogP contribution < -0.4 is 11.1 Å². The van der Waals surface area contributed by atoms with Crippen LogP contribution >= 0.6 is 11.8 Å². The molecule has 130 valence electrons. The number of aryl methyl sites for hydroxylation is 1. The number of benzene rings is 1. The lowest BCUT2D eigenvalue weighted by molar-refractivity contribution is -0.141. The molecule has 2 atom stereocenters. The van der Waals surface area contributed by atoms with Crippen molar-refractivity contribution in [3.8, 4) is 0 Å². The number of carbonyl (C=O) groups excluding carboxylic acids is 1.